The molecule has 0 unspecified atom stereocenters. The SMILES string of the molecule is Cc1ccc(C2=C(N3CCCCC3)C(=O)N(c3ccc(N(C)C)cc3)C2=O)c(C)c1. The molecule has 156 valence electrons. The molecular formula is C25H29N3O2. The highest BCUT2D eigenvalue weighted by atomic mass is 16.2. The Kier molecular flexibility index (Phi) is 5.37. The molecule has 0 bridgehead atoms. The molecule has 2 amide bonds. The Morgan fingerprint density at radius 3 is 2.10 bits per heavy atom. The van der Waals surface area contributed by atoms with Gasteiger partial charge in [-0.3, -0.25) is 9.59 Å². The number of rotatable bonds is 4. The van der Waals surface area contributed by atoms with Crippen LogP contribution in [0.5, 0.6) is 0 Å². The Balaban J connectivity index is 1.81. The quantitative estimate of drug-likeness (QED) is 0.720. The fraction of sp³-hybridized carbons (Fsp3) is 0.360. The van der Waals surface area contributed by atoms with Crippen molar-refractivity contribution in [2.45, 2.75) is 33.1 Å². The average Bonchev–Trinajstić information content (AvgIpc) is 2.99. The lowest BCUT2D eigenvalue weighted by molar-refractivity contribution is -0.120. The first-order valence-electron chi connectivity index (χ1n) is 10.6. The number of anilines is 2. The van der Waals surface area contributed by atoms with Gasteiger partial charge in [-0.25, -0.2) is 4.90 Å². The second kappa shape index (κ2) is 7.98. The van der Waals surface area contributed by atoms with Crippen LogP contribution in [0.25, 0.3) is 5.57 Å². The molecule has 0 spiro atoms. The lowest BCUT2D eigenvalue weighted by Gasteiger charge is -2.29. The summed E-state index contributed by atoms with van der Waals surface area (Å²) in [6, 6.07) is 13.6. The van der Waals surface area contributed by atoms with Crippen LogP contribution in [0.3, 0.4) is 0 Å². The van der Waals surface area contributed by atoms with Crippen molar-refractivity contribution in [3.05, 3.63) is 64.9 Å². The molecule has 0 atom stereocenters. The molecule has 0 aliphatic carbocycles. The second-order valence-electron chi connectivity index (χ2n) is 8.45. The highest BCUT2D eigenvalue weighted by Crippen LogP contribution is 2.37. The minimum Gasteiger partial charge on any atom is -0.378 e. The summed E-state index contributed by atoms with van der Waals surface area (Å²) in [6.45, 7) is 5.68. The van der Waals surface area contributed by atoms with E-state index in [1.807, 2.05) is 69.2 Å². The molecule has 2 heterocycles. The van der Waals surface area contributed by atoms with E-state index >= 15 is 0 Å². The van der Waals surface area contributed by atoms with Crippen LogP contribution in [0, 0.1) is 13.8 Å². The molecule has 2 aromatic carbocycles. The van der Waals surface area contributed by atoms with Crippen molar-refractivity contribution >= 4 is 28.8 Å². The van der Waals surface area contributed by atoms with Gasteiger partial charge in [-0.15, -0.1) is 0 Å². The number of hydrogen-bond acceptors (Lipinski definition) is 4. The van der Waals surface area contributed by atoms with E-state index in [1.165, 1.54) is 11.3 Å². The first-order valence-corrected chi connectivity index (χ1v) is 10.6. The molecule has 0 N–H and O–H groups in total. The number of hydrogen-bond donors (Lipinski definition) is 0. The summed E-state index contributed by atoms with van der Waals surface area (Å²) in [7, 11) is 3.94. The van der Waals surface area contributed by atoms with Gasteiger partial charge in [0.1, 0.15) is 5.70 Å². The van der Waals surface area contributed by atoms with Crippen LogP contribution < -0.4 is 9.80 Å². The molecule has 0 saturated carbocycles. The summed E-state index contributed by atoms with van der Waals surface area (Å²) < 4.78 is 0. The molecule has 2 aromatic rings. The van der Waals surface area contributed by atoms with E-state index in [4.69, 9.17) is 0 Å². The maximum Gasteiger partial charge on any atom is 0.282 e. The average molecular weight is 404 g/mol. The summed E-state index contributed by atoms with van der Waals surface area (Å²) in [5.41, 5.74) is 5.75. The van der Waals surface area contributed by atoms with E-state index in [0.29, 0.717) is 17.0 Å². The lowest BCUT2D eigenvalue weighted by Crippen LogP contribution is -2.37. The number of likely N-dealkylation sites (tertiary alicyclic amines) is 1. The van der Waals surface area contributed by atoms with Crippen molar-refractivity contribution < 1.29 is 9.59 Å². The fourth-order valence-corrected chi connectivity index (χ4v) is 4.40. The third-order valence-corrected chi connectivity index (χ3v) is 6.01. The highest BCUT2D eigenvalue weighted by Gasteiger charge is 2.43. The maximum atomic E-state index is 13.6. The maximum absolute atomic E-state index is 13.6. The first-order chi connectivity index (χ1) is 14.4. The minimum atomic E-state index is -0.231. The minimum absolute atomic E-state index is 0.213. The van der Waals surface area contributed by atoms with Crippen LogP contribution in [-0.4, -0.2) is 43.9 Å². The molecule has 0 radical (unpaired) electrons. The van der Waals surface area contributed by atoms with Gasteiger partial charge in [0.05, 0.1) is 11.3 Å². The first kappa shape index (κ1) is 20.2. The molecular weight excluding hydrogens is 374 g/mol. The molecule has 1 saturated heterocycles. The smallest absolute Gasteiger partial charge is 0.282 e. The van der Waals surface area contributed by atoms with Crippen molar-refractivity contribution in [1.29, 1.82) is 0 Å². The summed E-state index contributed by atoms with van der Waals surface area (Å²) in [4.78, 5) is 32.7. The molecule has 5 heteroatoms. The van der Waals surface area contributed by atoms with Gasteiger partial charge in [0.2, 0.25) is 0 Å². The van der Waals surface area contributed by atoms with Crippen molar-refractivity contribution in [2.75, 3.05) is 37.0 Å². The summed E-state index contributed by atoms with van der Waals surface area (Å²) in [6.07, 6.45) is 3.26. The second-order valence-corrected chi connectivity index (χ2v) is 8.45. The Bertz CT molecular complexity index is 1020. The number of amides is 2. The van der Waals surface area contributed by atoms with Gasteiger partial charge in [-0.2, -0.15) is 0 Å². The Labute approximate surface area is 178 Å². The van der Waals surface area contributed by atoms with E-state index in [0.717, 1.165) is 48.3 Å². The van der Waals surface area contributed by atoms with Gasteiger partial charge in [-0.1, -0.05) is 23.8 Å². The predicted molar refractivity (Wildman–Crippen MR) is 122 cm³/mol. The van der Waals surface area contributed by atoms with Crippen molar-refractivity contribution in [3.63, 3.8) is 0 Å². The number of carbonyl (C=O) groups excluding carboxylic acids is 2. The number of carbonyl (C=O) groups is 2. The zero-order valence-electron chi connectivity index (χ0n) is 18.2. The van der Waals surface area contributed by atoms with Gasteiger partial charge >= 0.3 is 0 Å². The van der Waals surface area contributed by atoms with E-state index in [1.54, 1.807) is 0 Å². The predicted octanol–water partition coefficient (Wildman–Crippen LogP) is 4.14. The standard InChI is InChI=1S/C25H29N3O2/c1-17-8-13-21(18(2)16-17)22-23(27-14-6-5-7-15-27)25(30)28(24(22)29)20-11-9-19(10-12-20)26(3)4/h8-13,16H,5-7,14-15H2,1-4H3. The van der Waals surface area contributed by atoms with Crippen LogP contribution in [-0.2, 0) is 9.59 Å². The molecule has 0 aromatic heterocycles. The van der Waals surface area contributed by atoms with Gasteiger partial charge in [0.15, 0.2) is 0 Å². The van der Waals surface area contributed by atoms with Gasteiger partial charge in [-0.05, 0) is 68.5 Å². The number of nitrogens with zero attached hydrogens (tertiary/aromatic N) is 3. The molecule has 2 aliphatic heterocycles. The summed E-state index contributed by atoms with van der Waals surface area (Å²) in [5.74, 6) is -0.445. The summed E-state index contributed by atoms with van der Waals surface area (Å²) in [5, 5.41) is 0. The van der Waals surface area contributed by atoms with Gasteiger partial charge in [0.25, 0.3) is 11.8 Å². The van der Waals surface area contributed by atoms with E-state index in [2.05, 4.69) is 11.0 Å². The molecule has 30 heavy (non-hydrogen) atoms. The van der Waals surface area contributed by atoms with Crippen LogP contribution in [0.15, 0.2) is 48.2 Å². The van der Waals surface area contributed by atoms with Crippen LogP contribution in [0.1, 0.15) is 36.0 Å². The Hall–Kier alpha value is -3.08. The van der Waals surface area contributed by atoms with Crippen LogP contribution in [0.2, 0.25) is 0 Å². The monoisotopic (exact) mass is 403 g/mol. The molecule has 5 nitrogen and oxygen atoms in total. The van der Waals surface area contributed by atoms with Gasteiger partial charge < -0.3 is 9.80 Å². The van der Waals surface area contributed by atoms with E-state index in [-0.39, 0.29) is 11.8 Å². The van der Waals surface area contributed by atoms with E-state index < -0.39 is 0 Å². The number of imide groups is 1. The zero-order chi connectivity index (χ0) is 21.4. The fourth-order valence-electron chi connectivity index (χ4n) is 4.40. The summed E-state index contributed by atoms with van der Waals surface area (Å²) >= 11 is 0. The topological polar surface area (TPSA) is 43.9 Å². The third kappa shape index (κ3) is 3.49. The number of piperidine rings is 1. The van der Waals surface area contributed by atoms with Crippen LogP contribution >= 0.6 is 0 Å². The van der Waals surface area contributed by atoms with Gasteiger partial charge in [0, 0.05) is 32.9 Å². The molecule has 1 fully saturated rings. The van der Waals surface area contributed by atoms with Crippen LogP contribution in [0.4, 0.5) is 11.4 Å². The molecule has 2 aliphatic rings. The molecule has 4 rings (SSSR count). The largest absolute Gasteiger partial charge is 0.378 e. The Morgan fingerprint density at radius 1 is 0.833 bits per heavy atom. The zero-order valence-corrected chi connectivity index (χ0v) is 18.2. The number of aryl methyl sites for hydroxylation is 2. The van der Waals surface area contributed by atoms with Crippen molar-refractivity contribution in [3.8, 4) is 0 Å². The van der Waals surface area contributed by atoms with Crippen molar-refractivity contribution in [1.82, 2.24) is 4.90 Å². The Morgan fingerprint density at radius 2 is 1.50 bits per heavy atom. The van der Waals surface area contributed by atoms with E-state index in [9.17, 15) is 9.59 Å². The highest BCUT2D eigenvalue weighted by molar-refractivity contribution is 6.45. The normalized spacial score (nSPS) is 17.2. The van der Waals surface area contributed by atoms with Crippen molar-refractivity contribution in [2.24, 2.45) is 0 Å². The lowest BCUT2D eigenvalue weighted by atomic mass is 9.97. The third-order valence-electron chi connectivity index (χ3n) is 6.01. The number of benzene rings is 2.